The van der Waals surface area contributed by atoms with Crippen LogP contribution < -0.4 is 9.47 Å². The molecule has 0 radical (unpaired) electrons. The van der Waals surface area contributed by atoms with E-state index >= 15 is 0 Å². The van der Waals surface area contributed by atoms with Crippen molar-refractivity contribution in [2.24, 2.45) is 0 Å². The van der Waals surface area contributed by atoms with Crippen LogP contribution in [0.2, 0.25) is 25.7 Å². The van der Waals surface area contributed by atoms with Gasteiger partial charge in [-0.2, -0.15) is 0 Å². The summed E-state index contributed by atoms with van der Waals surface area (Å²) in [4.78, 5) is 23.4. The largest absolute Gasteiger partial charge is 0.493 e. The molecule has 0 bridgehead atoms. The zero-order chi connectivity index (χ0) is 17.9. The SMILES string of the molecule is CCOc1c(C)c2c(c(OCC[Si](C)(C)C)c1CC=O)C(=O)OC2. The molecular weight excluding hydrogens is 324 g/mol. The van der Waals surface area contributed by atoms with Crippen molar-refractivity contribution in [2.45, 2.75) is 52.6 Å². The van der Waals surface area contributed by atoms with Gasteiger partial charge in [-0.15, -0.1) is 0 Å². The molecule has 0 aromatic heterocycles. The molecule has 0 fully saturated rings. The highest BCUT2D eigenvalue weighted by Crippen LogP contribution is 2.42. The lowest BCUT2D eigenvalue weighted by molar-refractivity contribution is -0.107. The third kappa shape index (κ3) is 3.80. The molecule has 1 aromatic rings. The van der Waals surface area contributed by atoms with Gasteiger partial charge in [0.15, 0.2) is 0 Å². The predicted octanol–water partition coefficient (Wildman–Crippen LogP) is 3.52. The molecule has 0 aliphatic carbocycles. The van der Waals surface area contributed by atoms with E-state index in [1.165, 1.54) is 0 Å². The van der Waals surface area contributed by atoms with Gasteiger partial charge in [0.1, 0.15) is 30.0 Å². The number of carbonyl (C=O) groups is 2. The Hall–Kier alpha value is -1.82. The van der Waals surface area contributed by atoms with E-state index in [2.05, 4.69) is 19.6 Å². The second-order valence-electron chi connectivity index (χ2n) is 7.15. The van der Waals surface area contributed by atoms with Crippen LogP contribution in [0.4, 0.5) is 0 Å². The molecule has 5 nitrogen and oxygen atoms in total. The molecule has 1 aliphatic heterocycles. The summed E-state index contributed by atoms with van der Waals surface area (Å²) in [6.07, 6.45) is 0.967. The fourth-order valence-electron chi connectivity index (χ4n) is 2.78. The second kappa shape index (κ2) is 7.38. The molecule has 6 heteroatoms. The van der Waals surface area contributed by atoms with Gasteiger partial charge in [0.2, 0.25) is 0 Å². The summed E-state index contributed by atoms with van der Waals surface area (Å²) in [7, 11) is -1.27. The summed E-state index contributed by atoms with van der Waals surface area (Å²) in [5.74, 6) is 0.725. The zero-order valence-corrected chi connectivity index (χ0v) is 16.2. The molecule has 0 saturated heterocycles. The van der Waals surface area contributed by atoms with Gasteiger partial charge in [-0.05, 0) is 25.5 Å². The summed E-state index contributed by atoms with van der Waals surface area (Å²) < 4.78 is 17.0. The molecule has 0 N–H and O–H groups in total. The van der Waals surface area contributed by atoms with E-state index in [-0.39, 0.29) is 19.0 Å². The summed E-state index contributed by atoms with van der Waals surface area (Å²) in [5.41, 5.74) is 2.77. The number of aldehydes is 1. The number of benzene rings is 1. The monoisotopic (exact) mass is 350 g/mol. The first-order valence-electron chi connectivity index (χ1n) is 8.34. The Balaban J connectivity index is 2.52. The molecule has 2 rings (SSSR count). The van der Waals surface area contributed by atoms with Crippen molar-refractivity contribution in [3.05, 3.63) is 22.3 Å². The quantitative estimate of drug-likeness (QED) is 0.408. The number of carbonyl (C=O) groups excluding carboxylic acids is 2. The van der Waals surface area contributed by atoms with Crippen molar-refractivity contribution in [1.29, 1.82) is 0 Å². The normalized spacial score (nSPS) is 13.5. The van der Waals surface area contributed by atoms with Gasteiger partial charge in [0.05, 0.1) is 13.2 Å². The van der Waals surface area contributed by atoms with Crippen LogP contribution >= 0.6 is 0 Å². The van der Waals surface area contributed by atoms with E-state index in [1.54, 1.807) is 0 Å². The number of cyclic esters (lactones) is 1. The number of fused-ring (bicyclic) bond motifs is 1. The van der Waals surface area contributed by atoms with Crippen LogP contribution in [0.25, 0.3) is 0 Å². The zero-order valence-electron chi connectivity index (χ0n) is 15.2. The third-order valence-electron chi connectivity index (χ3n) is 4.10. The highest BCUT2D eigenvalue weighted by atomic mass is 28.3. The average molecular weight is 350 g/mol. The molecule has 1 aliphatic rings. The van der Waals surface area contributed by atoms with Crippen LogP contribution in [0.3, 0.4) is 0 Å². The maximum absolute atomic E-state index is 12.2. The highest BCUT2D eigenvalue weighted by Gasteiger charge is 2.33. The van der Waals surface area contributed by atoms with Gasteiger partial charge in [0.25, 0.3) is 0 Å². The van der Waals surface area contributed by atoms with E-state index in [0.717, 1.165) is 23.5 Å². The number of ether oxygens (including phenoxy) is 3. The Kier molecular flexibility index (Phi) is 5.69. The van der Waals surface area contributed by atoms with Crippen LogP contribution in [0, 0.1) is 6.92 Å². The van der Waals surface area contributed by atoms with E-state index in [9.17, 15) is 9.59 Å². The van der Waals surface area contributed by atoms with E-state index in [1.807, 2.05) is 13.8 Å². The van der Waals surface area contributed by atoms with Crippen molar-refractivity contribution in [1.82, 2.24) is 0 Å². The van der Waals surface area contributed by atoms with Gasteiger partial charge in [-0.25, -0.2) is 4.79 Å². The van der Waals surface area contributed by atoms with Gasteiger partial charge >= 0.3 is 5.97 Å². The van der Waals surface area contributed by atoms with Crippen LogP contribution in [-0.4, -0.2) is 33.5 Å². The predicted molar refractivity (Wildman–Crippen MR) is 94.9 cm³/mol. The van der Waals surface area contributed by atoms with Crippen LogP contribution in [0.1, 0.15) is 34.0 Å². The van der Waals surface area contributed by atoms with Gasteiger partial charge in [0, 0.05) is 25.6 Å². The molecule has 1 aromatic carbocycles. The molecule has 1 heterocycles. The lowest BCUT2D eigenvalue weighted by Gasteiger charge is -2.21. The molecule has 0 amide bonds. The summed E-state index contributed by atoms with van der Waals surface area (Å²) >= 11 is 0. The van der Waals surface area contributed by atoms with Crippen LogP contribution in [0.5, 0.6) is 11.5 Å². The van der Waals surface area contributed by atoms with Crippen molar-refractivity contribution in [3.63, 3.8) is 0 Å². The summed E-state index contributed by atoms with van der Waals surface area (Å²) in [6, 6.07) is 0.967. The highest BCUT2D eigenvalue weighted by molar-refractivity contribution is 6.76. The number of rotatable bonds is 8. The van der Waals surface area contributed by atoms with Crippen LogP contribution in [-0.2, 0) is 22.6 Å². The molecule has 0 saturated carbocycles. The third-order valence-corrected chi connectivity index (χ3v) is 5.80. The van der Waals surface area contributed by atoms with E-state index in [0.29, 0.717) is 35.8 Å². The molecule has 24 heavy (non-hydrogen) atoms. The minimum atomic E-state index is -1.27. The Morgan fingerprint density at radius 1 is 1.21 bits per heavy atom. The Morgan fingerprint density at radius 3 is 2.50 bits per heavy atom. The van der Waals surface area contributed by atoms with Crippen molar-refractivity contribution >= 4 is 20.3 Å². The maximum Gasteiger partial charge on any atom is 0.342 e. The number of esters is 1. The molecule has 0 spiro atoms. The minimum absolute atomic E-state index is 0.152. The van der Waals surface area contributed by atoms with E-state index < -0.39 is 8.07 Å². The minimum Gasteiger partial charge on any atom is -0.493 e. The lowest BCUT2D eigenvalue weighted by atomic mass is 9.95. The smallest absolute Gasteiger partial charge is 0.342 e. The standard InChI is InChI=1S/C18H26O5Si/c1-6-21-16-12(2)14-11-23-18(20)15(14)17(13(16)7-8-19)22-9-10-24(3,4)5/h8H,6-7,9-11H2,1-5H3. The Bertz CT molecular complexity index is 646. The van der Waals surface area contributed by atoms with Gasteiger partial charge < -0.3 is 19.0 Å². The Labute approximate surface area is 144 Å². The maximum atomic E-state index is 12.2. The van der Waals surface area contributed by atoms with E-state index in [4.69, 9.17) is 14.2 Å². The Morgan fingerprint density at radius 2 is 1.92 bits per heavy atom. The van der Waals surface area contributed by atoms with Crippen molar-refractivity contribution in [3.8, 4) is 11.5 Å². The molecule has 0 atom stereocenters. The fraction of sp³-hybridized carbons (Fsp3) is 0.556. The first kappa shape index (κ1) is 18.5. The molecular formula is C18H26O5Si. The van der Waals surface area contributed by atoms with Crippen molar-refractivity contribution < 1.29 is 23.8 Å². The summed E-state index contributed by atoms with van der Waals surface area (Å²) in [6.45, 7) is 11.8. The van der Waals surface area contributed by atoms with Gasteiger partial charge in [-0.1, -0.05) is 19.6 Å². The first-order chi connectivity index (χ1) is 11.3. The topological polar surface area (TPSA) is 61.8 Å². The van der Waals surface area contributed by atoms with Gasteiger partial charge in [-0.3, -0.25) is 0 Å². The first-order valence-corrected chi connectivity index (χ1v) is 12.1. The van der Waals surface area contributed by atoms with Crippen LogP contribution in [0.15, 0.2) is 0 Å². The fourth-order valence-corrected chi connectivity index (χ4v) is 3.49. The summed E-state index contributed by atoms with van der Waals surface area (Å²) in [5, 5.41) is 0. The number of hydrogen-bond donors (Lipinski definition) is 0. The number of hydrogen-bond acceptors (Lipinski definition) is 5. The molecule has 0 unspecified atom stereocenters. The molecule has 132 valence electrons. The average Bonchev–Trinajstić information content (AvgIpc) is 2.87. The second-order valence-corrected chi connectivity index (χ2v) is 12.8. The van der Waals surface area contributed by atoms with Crippen molar-refractivity contribution in [2.75, 3.05) is 13.2 Å². The lowest BCUT2D eigenvalue weighted by Crippen LogP contribution is -2.23.